The first-order valence-electron chi connectivity index (χ1n) is 12.2. The Kier molecular flexibility index (Phi) is 23.6. The van der Waals surface area contributed by atoms with Crippen molar-refractivity contribution in [2.24, 2.45) is 4.99 Å². The number of nitrogens with one attached hydrogen (secondary N) is 3. The minimum atomic E-state index is -0.386. The molecule has 0 aromatic heterocycles. The van der Waals surface area contributed by atoms with Gasteiger partial charge in [0.2, 0.25) is 11.8 Å². The standard InChI is InChI=1S/C20H30N4O3.C7H8.2CH2O/c1-4-17(16-11-7-5-8-12-16)22-15(2)23-20(26)18(21-3)13-9-6-10-14-19(25)24-27;1-7-5-3-2-4-6-7;2*1-2/h4-5,7-8,11-12,18,21,27H,6,9-10,13-14H2,1-3H3,(H,24,25)(H,22,23,26);2-6H,1H3;2*1H2/b17-4-;;;/t18-;;;/m0.../s1. The predicted octanol–water partition coefficient (Wildman–Crippen LogP) is 4.25. The van der Waals surface area contributed by atoms with Crippen LogP contribution in [0.5, 0.6) is 0 Å². The van der Waals surface area contributed by atoms with E-state index in [1.54, 1.807) is 19.5 Å². The summed E-state index contributed by atoms with van der Waals surface area (Å²) in [5.74, 6) is 0.0233. The molecule has 2 aromatic rings. The summed E-state index contributed by atoms with van der Waals surface area (Å²) in [5, 5.41) is 14.3. The summed E-state index contributed by atoms with van der Waals surface area (Å²) >= 11 is 0. The summed E-state index contributed by atoms with van der Waals surface area (Å²) in [6.07, 6.45) is 5.13. The zero-order chi connectivity index (χ0) is 29.2. The number of aliphatic imine (C=N–C) groups is 1. The van der Waals surface area contributed by atoms with E-state index in [0.29, 0.717) is 18.7 Å². The van der Waals surface area contributed by atoms with Crippen molar-refractivity contribution in [3.05, 3.63) is 77.9 Å². The van der Waals surface area contributed by atoms with Crippen LogP contribution in [-0.2, 0) is 19.2 Å². The van der Waals surface area contributed by atoms with Crippen molar-refractivity contribution in [1.82, 2.24) is 16.1 Å². The minimum Gasteiger partial charge on any atom is -0.313 e. The number of carbonyl (C=O) groups excluding carboxylic acids is 4. The number of hydrogen-bond donors (Lipinski definition) is 4. The van der Waals surface area contributed by atoms with Crippen LogP contribution in [0.3, 0.4) is 0 Å². The van der Waals surface area contributed by atoms with E-state index in [1.807, 2.05) is 75.1 Å². The van der Waals surface area contributed by atoms with Crippen LogP contribution >= 0.6 is 0 Å². The largest absolute Gasteiger partial charge is 0.313 e. The van der Waals surface area contributed by atoms with Gasteiger partial charge in [-0.05, 0) is 46.2 Å². The van der Waals surface area contributed by atoms with Gasteiger partial charge >= 0.3 is 0 Å². The lowest BCUT2D eigenvalue weighted by molar-refractivity contribution is -0.129. The molecular formula is C29H42N4O5. The van der Waals surface area contributed by atoms with E-state index >= 15 is 0 Å². The lowest BCUT2D eigenvalue weighted by atomic mass is 10.1. The molecule has 0 heterocycles. The third kappa shape index (κ3) is 17.5. The highest BCUT2D eigenvalue weighted by atomic mass is 16.5. The molecular weight excluding hydrogens is 484 g/mol. The molecule has 0 radical (unpaired) electrons. The molecule has 0 bridgehead atoms. The van der Waals surface area contributed by atoms with Crippen LogP contribution < -0.4 is 16.1 Å². The number of amides is 2. The fourth-order valence-corrected chi connectivity index (χ4v) is 3.19. The Morgan fingerprint density at radius 3 is 1.95 bits per heavy atom. The van der Waals surface area contributed by atoms with Crippen LogP contribution in [0.4, 0.5) is 0 Å². The lowest BCUT2D eigenvalue weighted by Gasteiger charge is -2.16. The van der Waals surface area contributed by atoms with Crippen LogP contribution in [0.1, 0.15) is 57.1 Å². The monoisotopic (exact) mass is 526 g/mol. The number of hydroxylamine groups is 1. The second-order valence-corrected chi connectivity index (χ2v) is 7.86. The average Bonchev–Trinajstić information content (AvgIpc) is 2.96. The number of unbranched alkanes of at least 4 members (excludes halogenated alkanes) is 2. The number of benzene rings is 2. The highest BCUT2D eigenvalue weighted by molar-refractivity contribution is 6.01. The summed E-state index contributed by atoms with van der Waals surface area (Å²) in [7, 11) is 1.75. The van der Waals surface area contributed by atoms with Gasteiger partial charge in [-0.3, -0.25) is 14.8 Å². The number of allylic oxidation sites excluding steroid dienone is 1. The second-order valence-electron chi connectivity index (χ2n) is 7.86. The van der Waals surface area contributed by atoms with E-state index in [4.69, 9.17) is 14.8 Å². The number of hydrogen-bond acceptors (Lipinski definition) is 7. The zero-order valence-corrected chi connectivity index (χ0v) is 22.9. The van der Waals surface area contributed by atoms with Gasteiger partial charge in [-0.2, -0.15) is 0 Å². The number of rotatable bonds is 10. The fraction of sp³-hybridized carbons (Fsp3) is 0.345. The molecule has 0 unspecified atom stereocenters. The molecule has 0 saturated carbocycles. The van der Waals surface area contributed by atoms with Gasteiger partial charge in [-0.1, -0.05) is 85.1 Å². The molecule has 38 heavy (non-hydrogen) atoms. The third-order valence-corrected chi connectivity index (χ3v) is 5.06. The van der Waals surface area contributed by atoms with Gasteiger partial charge in [-0.15, -0.1) is 0 Å². The van der Waals surface area contributed by atoms with Crippen molar-refractivity contribution in [2.75, 3.05) is 7.05 Å². The Bertz CT molecular complexity index is 948. The lowest BCUT2D eigenvalue weighted by Crippen LogP contribution is -2.44. The summed E-state index contributed by atoms with van der Waals surface area (Å²) < 4.78 is 0. The topological polar surface area (TPSA) is 137 Å². The maximum Gasteiger partial charge on any atom is 0.243 e. The van der Waals surface area contributed by atoms with Gasteiger partial charge in [0.05, 0.1) is 11.7 Å². The normalized spacial score (nSPS) is 11.2. The first-order chi connectivity index (χ1) is 18.4. The number of likely N-dealkylation sites (N-methyl/N-ethyl adjacent to an activating group) is 1. The number of carbonyl (C=O) groups is 4. The van der Waals surface area contributed by atoms with Crippen molar-refractivity contribution in [3.8, 4) is 0 Å². The molecule has 208 valence electrons. The summed E-state index contributed by atoms with van der Waals surface area (Å²) in [5.41, 5.74) is 4.73. The van der Waals surface area contributed by atoms with Crippen molar-refractivity contribution >= 4 is 36.9 Å². The number of amidine groups is 1. The molecule has 1 atom stereocenters. The molecule has 0 aliphatic rings. The molecule has 9 heteroatoms. The quantitative estimate of drug-likeness (QED) is 0.120. The van der Waals surface area contributed by atoms with Crippen molar-refractivity contribution < 1.29 is 24.4 Å². The van der Waals surface area contributed by atoms with Gasteiger partial charge in [0.1, 0.15) is 19.4 Å². The van der Waals surface area contributed by atoms with Gasteiger partial charge < -0.3 is 20.2 Å². The molecule has 0 aliphatic heterocycles. The van der Waals surface area contributed by atoms with Crippen LogP contribution in [-0.4, -0.2) is 49.5 Å². The Balaban J connectivity index is 0. The highest BCUT2D eigenvalue weighted by Gasteiger charge is 2.16. The highest BCUT2D eigenvalue weighted by Crippen LogP contribution is 2.15. The van der Waals surface area contributed by atoms with E-state index in [2.05, 4.69) is 34.7 Å². The molecule has 4 N–H and O–H groups in total. The Labute approximate surface area is 226 Å². The predicted molar refractivity (Wildman–Crippen MR) is 153 cm³/mol. The maximum absolute atomic E-state index is 12.4. The van der Waals surface area contributed by atoms with E-state index in [9.17, 15) is 9.59 Å². The molecule has 2 aromatic carbocycles. The Morgan fingerprint density at radius 1 is 0.947 bits per heavy atom. The summed E-state index contributed by atoms with van der Waals surface area (Å²) in [4.78, 5) is 43.9. The van der Waals surface area contributed by atoms with E-state index in [-0.39, 0.29) is 24.3 Å². The van der Waals surface area contributed by atoms with E-state index < -0.39 is 0 Å². The van der Waals surface area contributed by atoms with E-state index in [1.165, 1.54) is 5.56 Å². The molecule has 0 spiro atoms. The maximum atomic E-state index is 12.4. The number of aryl methyl sites for hydroxylation is 1. The molecule has 0 saturated heterocycles. The second kappa shape index (κ2) is 24.7. The SMILES string of the molecule is C/C=C(\N=C(C)NC(=O)[C@H](CCCCCC(=O)NO)NC)c1ccccc1.C=O.C=O.Cc1ccccc1. The van der Waals surface area contributed by atoms with Crippen molar-refractivity contribution in [3.63, 3.8) is 0 Å². The molecule has 0 aliphatic carbocycles. The fourth-order valence-electron chi connectivity index (χ4n) is 3.19. The first kappa shape index (κ1) is 36.2. The van der Waals surface area contributed by atoms with Crippen LogP contribution in [0.2, 0.25) is 0 Å². The zero-order valence-electron chi connectivity index (χ0n) is 22.9. The Hall–Kier alpha value is -3.95. The van der Waals surface area contributed by atoms with Gasteiger partial charge in [-0.25, -0.2) is 10.5 Å². The summed E-state index contributed by atoms with van der Waals surface area (Å²) in [6, 6.07) is 19.7. The van der Waals surface area contributed by atoms with Crippen molar-refractivity contribution in [1.29, 1.82) is 0 Å². The summed E-state index contributed by atoms with van der Waals surface area (Å²) in [6.45, 7) is 9.76. The van der Waals surface area contributed by atoms with Crippen LogP contribution in [0.15, 0.2) is 71.7 Å². The third-order valence-electron chi connectivity index (χ3n) is 5.06. The molecule has 2 rings (SSSR count). The van der Waals surface area contributed by atoms with Gasteiger partial charge in [0, 0.05) is 6.42 Å². The van der Waals surface area contributed by atoms with E-state index in [0.717, 1.165) is 24.1 Å². The smallest absolute Gasteiger partial charge is 0.243 e. The first-order valence-corrected chi connectivity index (χ1v) is 12.2. The average molecular weight is 527 g/mol. The van der Waals surface area contributed by atoms with Crippen LogP contribution in [0.25, 0.3) is 5.70 Å². The molecule has 2 amide bonds. The number of nitrogens with zero attached hydrogens (tertiary/aromatic N) is 1. The van der Waals surface area contributed by atoms with Crippen molar-refractivity contribution in [2.45, 2.75) is 58.9 Å². The Morgan fingerprint density at radius 2 is 1.50 bits per heavy atom. The molecule has 0 fully saturated rings. The van der Waals surface area contributed by atoms with Crippen LogP contribution in [0, 0.1) is 6.92 Å². The minimum absolute atomic E-state index is 0.129. The van der Waals surface area contributed by atoms with Gasteiger partial charge in [0.15, 0.2) is 0 Å². The molecule has 9 nitrogen and oxygen atoms in total. The van der Waals surface area contributed by atoms with Gasteiger partial charge in [0.25, 0.3) is 0 Å².